The molecule has 0 saturated heterocycles. The van der Waals surface area contributed by atoms with Crippen molar-refractivity contribution in [3.63, 3.8) is 0 Å². The molecule has 1 unspecified atom stereocenters. The standard InChI is InChI=1S/C19H25N3O4/c1-6-12(2)21-19(23)15-9-13(7-8-20-15)22-14-10-16(24-3)18(26-5)17(11-14)25-4/h7-12H,6H2,1-5H3,(H,20,22)(H,21,23). The zero-order chi connectivity index (χ0) is 19.1. The quantitative estimate of drug-likeness (QED) is 0.752. The van der Waals surface area contributed by atoms with Crippen LogP contribution in [0.15, 0.2) is 30.5 Å². The van der Waals surface area contributed by atoms with Gasteiger partial charge in [0.05, 0.1) is 21.3 Å². The highest BCUT2D eigenvalue weighted by atomic mass is 16.5. The molecular weight excluding hydrogens is 334 g/mol. The lowest BCUT2D eigenvalue weighted by Crippen LogP contribution is -2.32. The Hall–Kier alpha value is -2.96. The number of benzene rings is 1. The summed E-state index contributed by atoms with van der Waals surface area (Å²) in [6.07, 6.45) is 2.45. The Morgan fingerprint density at radius 2 is 1.73 bits per heavy atom. The molecule has 0 saturated carbocycles. The van der Waals surface area contributed by atoms with E-state index >= 15 is 0 Å². The maximum atomic E-state index is 12.2. The van der Waals surface area contributed by atoms with E-state index in [9.17, 15) is 4.79 Å². The first kappa shape index (κ1) is 19.4. The van der Waals surface area contributed by atoms with Crippen LogP contribution in [-0.2, 0) is 0 Å². The van der Waals surface area contributed by atoms with Gasteiger partial charge in [-0.3, -0.25) is 9.78 Å². The number of hydrogen-bond acceptors (Lipinski definition) is 6. The third-order valence-corrected chi connectivity index (χ3v) is 3.94. The summed E-state index contributed by atoms with van der Waals surface area (Å²) in [5.41, 5.74) is 1.81. The van der Waals surface area contributed by atoms with Gasteiger partial charge in [-0.05, 0) is 25.5 Å². The molecule has 7 heteroatoms. The van der Waals surface area contributed by atoms with E-state index in [0.29, 0.717) is 22.9 Å². The van der Waals surface area contributed by atoms with Gasteiger partial charge in [-0.15, -0.1) is 0 Å². The first-order valence-electron chi connectivity index (χ1n) is 8.36. The molecule has 0 aliphatic carbocycles. The molecule has 26 heavy (non-hydrogen) atoms. The largest absolute Gasteiger partial charge is 0.493 e. The number of pyridine rings is 1. The fraction of sp³-hybridized carbons (Fsp3) is 0.368. The summed E-state index contributed by atoms with van der Waals surface area (Å²) in [4.78, 5) is 16.4. The van der Waals surface area contributed by atoms with Crippen LogP contribution in [0.3, 0.4) is 0 Å². The third-order valence-electron chi connectivity index (χ3n) is 3.94. The second-order valence-corrected chi connectivity index (χ2v) is 5.75. The molecule has 1 aromatic heterocycles. The molecule has 1 aromatic carbocycles. The number of anilines is 2. The van der Waals surface area contributed by atoms with E-state index in [1.165, 1.54) is 0 Å². The van der Waals surface area contributed by atoms with E-state index in [-0.39, 0.29) is 11.9 Å². The van der Waals surface area contributed by atoms with Gasteiger partial charge >= 0.3 is 0 Å². The van der Waals surface area contributed by atoms with Crippen LogP contribution in [0, 0.1) is 0 Å². The maximum Gasteiger partial charge on any atom is 0.270 e. The van der Waals surface area contributed by atoms with Gasteiger partial charge in [-0.2, -0.15) is 0 Å². The number of carbonyl (C=O) groups is 1. The monoisotopic (exact) mass is 359 g/mol. The van der Waals surface area contributed by atoms with E-state index < -0.39 is 0 Å². The van der Waals surface area contributed by atoms with Crippen molar-refractivity contribution >= 4 is 17.3 Å². The second-order valence-electron chi connectivity index (χ2n) is 5.75. The number of nitrogens with zero attached hydrogens (tertiary/aromatic N) is 1. The highest BCUT2D eigenvalue weighted by Crippen LogP contribution is 2.40. The van der Waals surface area contributed by atoms with Gasteiger partial charge < -0.3 is 24.8 Å². The minimum absolute atomic E-state index is 0.0935. The van der Waals surface area contributed by atoms with Crippen molar-refractivity contribution in [3.05, 3.63) is 36.2 Å². The number of hydrogen-bond donors (Lipinski definition) is 2. The van der Waals surface area contributed by atoms with Crippen LogP contribution in [-0.4, -0.2) is 38.3 Å². The van der Waals surface area contributed by atoms with Crippen LogP contribution in [0.1, 0.15) is 30.8 Å². The molecule has 2 rings (SSSR count). The second kappa shape index (κ2) is 8.94. The zero-order valence-electron chi connectivity index (χ0n) is 15.8. The predicted octanol–water partition coefficient (Wildman–Crippen LogP) is 3.38. The average Bonchev–Trinajstić information content (AvgIpc) is 2.67. The zero-order valence-corrected chi connectivity index (χ0v) is 15.8. The van der Waals surface area contributed by atoms with Gasteiger partial charge in [-0.25, -0.2) is 0 Å². The molecule has 1 atom stereocenters. The number of rotatable bonds is 8. The smallest absolute Gasteiger partial charge is 0.270 e. The first-order valence-corrected chi connectivity index (χ1v) is 8.36. The van der Waals surface area contributed by atoms with Gasteiger partial charge in [0.25, 0.3) is 5.91 Å². The number of aromatic nitrogens is 1. The van der Waals surface area contributed by atoms with Gasteiger partial charge in [0, 0.05) is 35.7 Å². The van der Waals surface area contributed by atoms with Crippen molar-refractivity contribution in [2.45, 2.75) is 26.3 Å². The van der Waals surface area contributed by atoms with Gasteiger partial charge in [0.2, 0.25) is 5.75 Å². The summed E-state index contributed by atoms with van der Waals surface area (Å²) in [6, 6.07) is 7.15. The molecule has 0 fully saturated rings. The summed E-state index contributed by atoms with van der Waals surface area (Å²) in [6.45, 7) is 3.97. The summed E-state index contributed by atoms with van der Waals surface area (Å²) < 4.78 is 16.0. The van der Waals surface area contributed by atoms with Crippen LogP contribution in [0.5, 0.6) is 17.2 Å². The molecule has 0 aliphatic rings. The highest BCUT2D eigenvalue weighted by Gasteiger charge is 2.14. The van der Waals surface area contributed by atoms with Crippen LogP contribution in [0.25, 0.3) is 0 Å². The van der Waals surface area contributed by atoms with Crippen molar-refractivity contribution in [2.24, 2.45) is 0 Å². The first-order chi connectivity index (χ1) is 12.5. The maximum absolute atomic E-state index is 12.2. The van der Waals surface area contributed by atoms with Crippen molar-refractivity contribution < 1.29 is 19.0 Å². The molecule has 0 bridgehead atoms. The Morgan fingerprint density at radius 1 is 1.08 bits per heavy atom. The SMILES string of the molecule is CCC(C)NC(=O)c1cc(Nc2cc(OC)c(OC)c(OC)c2)ccn1. The molecular formula is C19H25N3O4. The molecule has 1 heterocycles. The summed E-state index contributed by atoms with van der Waals surface area (Å²) in [7, 11) is 4.67. The Morgan fingerprint density at radius 3 is 2.27 bits per heavy atom. The number of amides is 1. The highest BCUT2D eigenvalue weighted by molar-refractivity contribution is 5.93. The molecule has 140 valence electrons. The van der Waals surface area contributed by atoms with E-state index in [2.05, 4.69) is 15.6 Å². The number of nitrogens with one attached hydrogen (secondary N) is 2. The lowest BCUT2D eigenvalue weighted by Gasteiger charge is -2.15. The molecule has 2 aromatic rings. The summed E-state index contributed by atoms with van der Waals surface area (Å²) in [5, 5.41) is 6.13. The van der Waals surface area contributed by atoms with Gasteiger partial charge in [0.1, 0.15) is 5.69 Å². The molecule has 0 aliphatic heterocycles. The van der Waals surface area contributed by atoms with E-state index in [1.807, 2.05) is 13.8 Å². The van der Waals surface area contributed by atoms with Gasteiger partial charge in [0.15, 0.2) is 11.5 Å². The lowest BCUT2D eigenvalue weighted by molar-refractivity contribution is 0.0934. The molecule has 1 amide bonds. The molecule has 2 N–H and O–H groups in total. The summed E-state index contributed by atoms with van der Waals surface area (Å²) >= 11 is 0. The van der Waals surface area contributed by atoms with E-state index in [4.69, 9.17) is 14.2 Å². The minimum atomic E-state index is -0.201. The topological polar surface area (TPSA) is 81.7 Å². The number of ether oxygens (including phenoxy) is 3. The lowest BCUT2D eigenvalue weighted by atomic mass is 10.2. The molecule has 0 radical (unpaired) electrons. The van der Waals surface area contributed by atoms with E-state index in [0.717, 1.165) is 17.8 Å². The van der Waals surface area contributed by atoms with Crippen LogP contribution < -0.4 is 24.8 Å². The van der Waals surface area contributed by atoms with Crippen LogP contribution >= 0.6 is 0 Å². The predicted molar refractivity (Wildman–Crippen MR) is 101 cm³/mol. The fourth-order valence-corrected chi connectivity index (χ4v) is 2.35. The number of carbonyl (C=O) groups excluding carboxylic acids is 1. The van der Waals surface area contributed by atoms with Crippen molar-refractivity contribution in [1.82, 2.24) is 10.3 Å². The normalized spacial score (nSPS) is 11.4. The van der Waals surface area contributed by atoms with Crippen molar-refractivity contribution in [2.75, 3.05) is 26.6 Å². The van der Waals surface area contributed by atoms with Crippen molar-refractivity contribution in [3.8, 4) is 17.2 Å². The number of methoxy groups -OCH3 is 3. The summed E-state index contributed by atoms with van der Waals surface area (Å²) in [5.74, 6) is 1.40. The van der Waals surface area contributed by atoms with Crippen LogP contribution in [0.4, 0.5) is 11.4 Å². The Balaban J connectivity index is 2.26. The molecule has 7 nitrogen and oxygen atoms in total. The van der Waals surface area contributed by atoms with E-state index in [1.54, 1.807) is 51.8 Å². The Labute approximate surface area is 153 Å². The third kappa shape index (κ3) is 4.56. The molecule has 0 spiro atoms. The fourth-order valence-electron chi connectivity index (χ4n) is 2.35. The van der Waals surface area contributed by atoms with Crippen molar-refractivity contribution in [1.29, 1.82) is 0 Å². The van der Waals surface area contributed by atoms with Crippen LogP contribution in [0.2, 0.25) is 0 Å². The average molecular weight is 359 g/mol. The minimum Gasteiger partial charge on any atom is -0.493 e. The Kier molecular flexibility index (Phi) is 6.66. The Bertz CT molecular complexity index is 739. The van der Waals surface area contributed by atoms with Gasteiger partial charge in [-0.1, -0.05) is 6.92 Å².